The van der Waals surface area contributed by atoms with Crippen LogP contribution < -0.4 is 4.74 Å². The fourth-order valence-corrected chi connectivity index (χ4v) is 6.99. The highest BCUT2D eigenvalue weighted by atomic mass is 79.9. The molecule has 4 heterocycles. The fraction of sp³-hybridized carbons (Fsp3) is 0.400. The van der Waals surface area contributed by atoms with Crippen LogP contribution in [0.15, 0.2) is 77.7 Å². The maximum Gasteiger partial charge on any atom is 0.204 e. The van der Waals surface area contributed by atoms with Crippen molar-refractivity contribution in [2.75, 3.05) is 6.61 Å². The average molecular weight is 544 g/mol. The second-order valence-electron chi connectivity index (χ2n) is 10.8. The van der Waals surface area contributed by atoms with Crippen molar-refractivity contribution in [2.45, 2.75) is 62.6 Å². The van der Waals surface area contributed by atoms with E-state index in [1.54, 1.807) is 0 Å². The summed E-state index contributed by atoms with van der Waals surface area (Å²) < 4.78 is 9.34. The molecule has 0 amide bonds. The van der Waals surface area contributed by atoms with Gasteiger partial charge in [-0.15, -0.1) is 10.2 Å². The maximum atomic E-state index is 6.57. The third-order valence-corrected chi connectivity index (χ3v) is 8.94. The molecule has 36 heavy (non-hydrogen) atoms. The Morgan fingerprint density at radius 1 is 0.861 bits per heavy atom. The summed E-state index contributed by atoms with van der Waals surface area (Å²) in [5.74, 6) is 2.19. The van der Waals surface area contributed by atoms with E-state index in [1.165, 1.54) is 55.2 Å². The molecule has 5 nitrogen and oxygen atoms in total. The lowest BCUT2D eigenvalue weighted by molar-refractivity contribution is 0.0561. The number of hydrogen-bond donors (Lipinski definition) is 0. The molecule has 3 aliphatic rings. The lowest BCUT2D eigenvalue weighted by Gasteiger charge is -2.44. The van der Waals surface area contributed by atoms with Crippen LogP contribution in [0.5, 0.6) is 5.75 Å². The highest BCUT2D eigenvalue weighted by Crippen LogP contribution is 2.47. The predicted octanol–water partition coefficient (Wildman–Crippen LogP) is 6.78. The largest absolute Gasteiger partial charge is 0.493 e. The van der Waals surface area contributed by atoms with Crippen LogP contribution in [0.25, 0.3) is 5.65 Å². The highest BCUT2D eigenvalue weighted by Gasteiger charge is 2.45. The van der Waals surface area contributed by atoms with Gasteiger partial charge in [0, 0.05) is 29.9 Å². The van der Waals surface area contributed by atoms with Gasteiger partial charge in [0.25, 0.3) is 0 Å². The van der Waals surface area contributed by atoms with Crippen LogP contribution >= 0.6 is 15.9 Å². The van der Waals surface area contributed by atoms with Crippen LogP contribution in [-0.4, -0.2) is 38.2 Å². The second-order valence-corrected chi connectivity index (χ2v) is 11.5. The Kier molecular flexibility index (Phi) is 5.82. The zero-order chi connectivity index (χ0) is 24.1. The number of aromatic nitrogens is 3. The summed E-state index contributed by atoms with van der Waals surface area (Å²) in [6, 6.07) is 25.7. The van der Waals surface area contributed by atoms with Crippen LogP contribution in [0.1, 0.15) is 67.2 Å². The van der Waals surface area contributed by atoms with Gasteiger partial charge in [-0.2, -0.15) is 0 Å². The van der Waals surface area contributed by atoms with Gasteiger partial charge in [0.15, 0.2) is 5.65 Å². The van der Waals surface area contributed by atoms with E-state index in [9.17, 15) is 0 Å². The zero-order valence-corrected chi connectivity index (χ0v) is 21.9. The molecule has 1 aliphatic carbocycles. The molecule has 0 radical (unpaired) electrons. The topological polar surface area (TPSA) is 42.7 Å². The van der Waals surface area contributed by atoms with Gasteiger partial charge in [-0.3, -0.25) is 9.30 Å². The van der Waals surface area contributed by atoms with Gasteiger partial charge < -0.3 is 4.74 Å². The average Bonchev–Trinajstić information content (AvgIpc) is 3.66. The molecule has 0 spiro atoms. The minimum Gasteiger partial charge on any atom is -0.493 e. The van der Waals surface area contributed by atoms with Crippen molar-refractivity contribution in [1.82, 2.24) is 19.5 Å². The third kappa shape index (κ3) is 4.14. The maximum absolute atomic E-state index is 6.57. The fourth-order valence-electron chi connectivity index (χ4n) is 6.63. The monoisotopic (exact) mass is 542 g/mol. The number of fused-ring (bicyclic) bond motifs is 3. The van der Waals surface area contributed by atoms with Gasteiger partial charge in [-0.1, -0.05) is 60.7 Å². The molecule has 6 heteroatoms. The Morgan fingerprint density at radius 3 is 2.11 bits per heavy atom. The Labute approximate surface area is 220 Å². The molecule has 7 rings (SSSR count). The van der Waals surface area contributed by atoms with Gasteiger partial charge in [-0.05, 0) is 77.4 Å². The Morgan fingerprint density at radius 2 is 1.50 bits per heavy atom. The van der Waals surface area contributed by atoms with Crippen LogP contribution in [0.4, 0.5) is 0 Å². The minimum atomic E-state index is 0.321. The normalized spacial score (nSPS) is 24.0. The number of nitrogens with zero attached hydrogens (tertiary/aromatic N) is 4. The van der Waals surface area contributed by atoms with Crippen molar-refractivity contribution in [1.29, 1.82) is 0 Å². The smallest absolute Gasteiger partial charge is 0.204 e. The number of hydrogen-bond acceptors (Lipinski definition) is 4. The summed E-state index contributed by atoms with van der Waals surface area (Å²) in [5, 5.41) is 8.47. The van der Waals surface area contributed by atoms with Crippen molar-refractivity contribution < 1.29 is 4.74 Å². The molecule has 2 aromatic heterocycles. The molecular weight excluding hydrogens is 512 g/mol. The number of piperidine rings is 1. The zero-order valence-electron chi connectivity index (χ0n) is 20.3. The van der Waals surface area contributed by atoms with E-state index < -0.39 is 0 Å². The van der Waals surface area contributed by atoms with Crippen LogP contribution in [-0.2, 0) is 0 Å². The first-order valence-corrected chi connectivity index (χ1v) is 14.1. The quantitative estimate of drug-likeness (QED) is 0.258. The predicted molar refractivity (Wildman–Crippen MR) is 144 cm³/mol. The molecule has 2 aromatic carbocycles. The molecule has 2 bridgehead atoms. The van der Waals surface area contributed by atoms with Crippen molar-refractivity contribution in [3.05, 3.63) is 94.4 Å². The van der Waals surface area contributed by atoms with E-state index in [-0.39, 0.29) is 0 Å². The lowest BCUT2D eigenvalue weighted by atomic mass is 9.87. The van der Waals surface area contributed by atoms with Crippen LogP contribution in [0.2, 0.25) is 0 Å². The van der Waals surface area contributed by atoms with Gasteiger partial charge in [0.1, 0.15) is 5.75 Å². The van der Waals surface area contributed by atoms with Gasteiger partial charge in [0.05, 0.1) is 12.6 Å². The first-order chi connectivity index (χ1) is 17.7. The molecule has 4 aromatic rings. The molecule has 184 valence electrons. The van der Waals surface area contributed by atoms with Gasteiger partial charge in [-0.25, -0.2) is 0 Å². The lowest BCUT2D eigenvalue weighted by Crippen LogP contribution is -2.46. The van der Waals surface area contributed by atoms with E-state index in [1.807, 2.05) is 4.40 Å². The number of pyridine rings is 1. The summed E-state index contributed by atoms with van der Waals surface area (Å²) in [5.41, 5.74) is 4.94. The number of benzene rings is 2. The van der Waals surface area contributed by atoms with Crippen molar-refractivity contribution in [2.24, 2.45) is 5.92 Å². The van der Waals surface area contributed by atoms with Gasteiger partial charge >= 0.3 is 0 Å². The molecular formula is C30H31BrN4O. The summed E-state index contributed by atoms with van der Waals surface area (Å²) >= 11 is 3.51. The van der Waals surface area contributed by atoms with E-state index in [0.29, 0.717) is 30.0 Å². The molecule has 3 atom stereocenters. The Hall–Kier alpha value is -2.70. The number of ether oxygens (including phenoxy) is 1. The molecule has 2 saturated heterocycles. The first kappa shape index (κ1) is 22.5. The number of rotatable bonds is 7. The van der Waals surface area contributed by atoms with Crippen molar-refractivity contribution >= 4 is 21.6 Å². The summed E-state index contributed by atoms with van der Waals surface area (Å²) in [4.78, 5) is 2.83. The van der Waals surface area contributed by atoms with Crippen molar-refractivity contribution in [3.8, 4) is 5.75 Å². The Bertz CT molecular complexity index is 1300. The number of halogens is 1. The van der Waals surface area contributed by atoms with E-state index in [0.717, 1.165) is 22.7 Å². The van der Waals surface area contributed by atoms with E-state index in [2.05, 4.69) is 104 Å². The summed E-state index contributed by atoms with van der Waals surface area (Å²) in [6.07, 6.45) is 9.61. The van der Waals surface area contributed by atoms with Crippen LogP contribution in [0, 0.1) is 5.92 Å². The molecule has 1 saturated carbocycles. The standard InChI is InChI=1S/C30H31BrN4O/c31-30-33-32-28-17-27(26(18-34(28)30)21-11-12-21)36-19-20-15-24-13-14-25(16-20)35(24)29(22-7-3-1-4-8-22)23-9-5-2-6-10-23/h1-10,17-18,20-21,24-25,29H,11-16,19H2/t20?,24-,25+. The molecule has 0 N–H and O–H groups in total. The minimum absolute atomic E-state index is 0.321. The third-order valence-electron chi connectivity index (χ3n) is 8.40. The molecule has 2 aliphatic heterocycles. The second kappa shape index (κ2) is 9.31. The Balaban J connectivity index is 1.11. The van der Waals surface area contributed by atoms with Crippen LogP contribution in [0.3, 0.4) is 0 Å². The SMILES string of the molecule is Brc1nnc2cc(OCC3C[C@H]4CC[C@@H](C3)N4C(c3ccccc3)c3ccccc3)c(C3CC3)cn12. The van der Waals surface area contributed by atoms with E-state index in [4.69, 9.17) is 4.74 Å². The highest BCUT2D eigenvalue weighted by molar-refractivity contribution is 9.10. The van der Waals surface area contributed by atoms with Crippen molar-refractivity contribution in [3.63, 3.8) is 0 Å². The summed E-state index contributed by atoms with van der Waals surface area (Å²) in [7, 11) is 0. The summed E-state index contributed by atoms with van der Waals surface area (Å²) in [6.45, 7) is 0.785. The van der Waals surface area contributed by atoms with E-state index >= 15 is 0 Å². The molecule has 1 unspecified atom stereocenters. The molecule has 3 fully saturated rings. The first-order valence-electron chi connectivity index (χ1n) is 13.3. The van der Waals surface area contributed by atoms with Gasteiger partial charge in [0.2, 0.25) is 4.73 Å².